The third-order valence-corrected chi connectivity index (χ3v) is 8.41. The Morgan fingerprint density at radius 3 is 2.08 bits per heavy atom. The van der Waals surface area contributed by atoms with E-state index in [1.807, 2.05) is 12.3 Å². The number of hydrogen-bond acceptors (Lipinski definition) is 3. The minimum Gasteiger partial charge on any atom is -0.457 e. The third-order valence-electron chi connectivity index (χ3n) is 8.41. The Morgan fingerprint density at radius 1 is 0.590 bits per heavy atom. The van der Waals surface area contributed by atoms with Gasteiger partial charge in [-0.3, -0.25) is 0 Å². The Morgan fingerprint density at radius 2 is 1.26 bits per heavy atom. The molecule has 1 aliphatic carbocycles. The molecule has 1 atom stereocenters. The van der Waals surface area contributed by atoms with Crippen molar-refractivity contribution in [3.05, 3.63) is 150 Å². The highest BCUT2D eigenvalue weighted by atomic mass is 16.5. The number of aromatic nitrogens is 3. The van der Waals surface area contributed by atoms with Crippen LogP contribution in [0.5, 0.6) is 11.5 Å². The van der Waals surface area contributed by atoms with Gasteiger partial charge in [-0.05, 0) is 35.4 Å². The first-order chi connectivity index (χ1) is 19.4. The van der Waals surface area contributed by atoms with Crippen molar-refractivity contribution in [3.63, 3.8) is 0 Å². The van der Waals surface area contributed by atoms with Crippen LogP contribution < -0.4 is 4.74 Å². The first-order valence-electron chi connectivity index (χ1n) is 13.2. The van der Waals surface area contributed by atoms with Crippen LogP contribution in [0, 0.1) is 0 Å². The van der Waals surface area contributed by atoms with E-state index in [9.17, 15) is 0 Å². The van der Waals surface area contributed by atoms with Gasteiger partial charge in [-0.2, -0.15) is 0 Å². The largest absolute Gasteiger partial charge is 0.457 e. The van der Waals surface area contributed by atoms with Crippen molar-refractivity contribution >= 4 is 21.8 Å². The van der Waals surface area contributed by atoms with Crippen molar-refractivity contribution in [1.29, 1.82) is 0 Å². The summed E-state index contributed by atoms with van der Waals surface area (Å²) in [7, 11) is 0. The van der Waals surface area contributed by atoms with Crippen LogP contribution in [0.3, 0.4) is 0 Å². The molecule has 0 N–H and O–H groups in total. The molecule has 2 aromatic heterocycles. The highest BCUT2D eigenvalue weighted by molar-refractivity contribution is 6.09. The van der Waals surface area contributed by atoms with Crippen molar-refractivity contribution in [2.45, 2.75) is 5.41 Å². The third kappa shape index (κ3) is 2.53. The van der Waals surface area contributed by atoms with Gasteiger partial charge in [-0.25, -0.2) is 9.97 Å². The van der Waals surface area contributed by atoms with Gasteiger partial charge in [-0.1, -0.05) is 84.9 Å². The van der Waals surface area contributed by atoms with Crippen LogP contribution in [0.1, 0.15) is 22.4 Å². The first-order valence-corrected chi connectivity index (χ1v) is 13.2. The zero-order valence-corrected chi connectivity index (χ0v) is 20.9. The molecule has 7 aromatic rings. The number of fused-ring (bicyclic) bond motifs is 12. The summed E-state index contributed by atoms with van der Waals surface area (Å²) in [5.74, 6) is 1.69. The SMILES string of the molecule is c1ccc2c(c1)Oc1cc(-n3c4ccccc4c4ccccc43)ccc1C21c2ccccc2-c2cncnc21. The van der Waals surface area contributed by atoms with Gasteiger partial charge in [0.15, 0.2) is 0 Å². The molecule has 3 heterocycles. The van der Waals surface area contributed by atoms with E-state index < -0.39 is 5.41 Å². The lowest BCUT2D eigenvalue weighted by Gasteiger charge is -2.38. The predicted octanol–water partition coefficient (Wildman–Crippen LogP) is 8.04. The highest BCUT2D eigenvalue weighted by Crippen LogP contribution is 2.61. The fraction of sp³-hybridized carbons (Fsp3) is 0.0286. The summed E-state index contributed by atoms with van der Waals surface area (Å²) in [6.45, 7) is 0. The second-order valence-corrected chi connectivity index (χ2v) is 10.2. The number of para-hydroxylation sites is 3. The molecule has 0 saturated heterocycles. The number of hydrogen-bond donors (Lipinski definition) is 0. The van der Waals surface area contributed by atoms with Crippen LogP contribution in [0.25, 0.3) is 38.6 Å². The Hall–Kier alpha value is -5.22. The van der Waals surface area contributed by atoms with Crippen molar-refractivity contribution in [3.8, 4) is 28.3 Å². The molecule has 0 radical (unpaired) electrons. The van der Waals surface area contributed by atoms with Gasteiger partial charge < -0.3 is 9.30 Å². The summed E-state index contributed by atoms with van der Waals surface area (Å²) in [6, 6.07) is 40.8. The second-order valence-electron chi connectivity index (χ2n) is 10.2. The van der Waals surface area contributed by atoms with E-state index in [1.165, 1.54) is 32.9 Å². The Kier molecular flexibility index (Phi) is 3.96. The number of ether oxygens (including phenoxy) is 1. The molecule has 4 heteroatoms. The molecule has 4 nitrogen and oxygen atoms in total. The Labute approximate surface area is 224 Å². The average Bonchev–Trinajstić information content (AvgIpc) is 3.49. The van der Waals surface area contributed by atoms with Gasteiger partial charge in [0.1, 0.15) is 17.8 Å². The summed E-state index contributed by atoms with van der Waals surface area (Å²) >= 11 is 0. The predicted molar refractivity (Wildman–Crippen MR) is 154 cm³/mol. The highest BCUT2D eigenvalue weighted by Gasteiger charge is 2.52. The molecular formula is C35H21N3O. The monoisotopic (exact) mass is 499 g/mol. The zero-order valence-electron chi connectivity index (χ0n) is 20.9. The van der Waals surface area contributed by atoms with E-state index in [4.69, 9.17) is 9.72 Å². The molecule has 5 aromatic carbocycles. The first kappa shape index (κ1) is 20.8. The maximum Gasteiger partial charge on any atom is 0.134 e. The molecule has 0 fully saturated rings. The summed E-state index contributed by atoms with van der Waals surface area (Å²) in [5.41, 5.74) is 9.48. The maximum atomic E-state index is 6.70. The van der Waals surface area contributed by atoms with Gasteiger partial charge in [0.05, 0.1) is 22.1 Å². The molecule has 0 amide bonds. The normalized spacial score (nSPS) is 16.5. The molecule has 9 rings (SSSR count). The zero-order chi connectivity index (χ0) is 25.6. The van der Waals surface area contributed by atoms with Crippen molar-refractivity contribution in [2.75, 3.05) is 0 Å². The fourth-order valence-electron chi connectivity index (χ4n) is 6.92. The molecule has 182 valence electrons. The number of nitrogens with zero attached hydrogens (tertiary/aromatic N) is 3. The number of rotatable bonds is 1. The van der Waals surface area contributed by atoms with Gasteiger partial charge in [0.2, 0.25) is 0 Å². The fourth-order valence-corrected chi connectivity index (χ4v) is 6.92. The molecule has 0 saturated carbocycles. The smallest absolute Gasteiger partial charge is 0.134 e. The molecule has 2 aliphatic rings. The van der Waals surface area contributed by atoms with E-state index in [0.29, 0.717) is 0 Å². The number of benzene rings is 5. The lowest BCUT2D eigenvalue weighted by atomic mass is 9.68. The van der Waals surface area contributed by atoms with Crippen LogP contribution in [0.4, 0.5) is 0 Å². The topological polar surface area (TPSA) is 39.9 Å². The average molecular weight is 500 g/mol. The van der Waals surface area contributed by atoms with Gasteiger partial charge in [0.25, 0.3) is 0 Å². The van der Waals surface area contributed by atoms with Gasteiger partial charge >= 0.3 is 0 Å². The van der Waals surface area contributed by atoms with E-state index in [2.05, 4.69) is 119 Å². The molecule has 1 spiro atoms. The summed E-state index contributed by atoms with van der Waals surface area (Å²) in [4.78, 5) is 9.34. The lowest BCUT2D eigenvalue weighted by Crippen LogP contribution is -2.33. The standard InChI is InChI=1S/C35H21N3O/c1-4-12-27-23(9-1)26-20-36-21-37-34(26)35(27)28-13-5-8-16-32(28)39-33-19-22(17-18-29(33)35)38-30-14-6-2-10-24(30)25-11-3-7-15-31(25)38/h1-21H. The van der Waals surface area contributed by atoms with Gasteiger partial charge in [0, 0.05) is 45.4 Å². The van der Waals surface area contributed by atoms with E-state index in [1.54, 1.807) is 6.33 Å². The van der Waals surface area contributed by atoms with Crippen molar-refractivity contribution in [1.82, 2.24) is 14.5 Å². The minimum absolute atomic E-state index is 0.585. The van der Waals surface area contributed by atoms with Crippen LogP contribution in [-0.4, -0.2) is 14.5 Å². The van der Waals surface area contributed by atoms with Crippen LogP contribution in [-0.2, 0) is 5.41 Å². The molecule has 1 unspecified atom stereocenters. The quantitative estimate of drug-likeness (QED) is 0.229. The molecule has 0 bridgehead atoms. The maximum absolute atomic E-state index is 6.70. The molecular weight excluding hydrogens is 478 g/mol. The summed E-state index contributed by atoms with van der Waals surface area (Å²) in [6.07, 6.45) is 3.61. The van der Waals surface area contributed by atoms with Crippen molar-refractivity contribution in [2.24, 2.45) is 0 Å². The van der Waals surface area contributed by atoms with Crippen LogP contribution >= 0.6 is 0 Å². The molecule has 39 heavy (non-hydrogen) atoms. The Bertz CT molecular complexity index is 2020. The van der Waals surface area contributed by atoms with Crippen LogP contribution in [0.15, 0.2) is 128 Å². The lowest BCUT2D eigenvalue weighted by molar-refractivity contribution is 0.434. The molecule has 1 aliphatic heterocycles. The van der Waals surface area contributed by atoms with E-state index >= 15 is 0 Å². The Balaban J connectivity index is 1.38. The summed E-state index contributed by atoms with van der Waals surface area (Å²) in [5, 5.41) is 2.48. The summed E-state index contributed by atoms with van der Waals surface area (Å²) < 4.78 is 9.03. The van der Waals surface area contributed by atoms with Gasteiger partial charge in [-0.15, -0.1) is 0 Å². The second kappa shape index (κ2) is 7.42. The van der Waals surface area contributed by atoms with Crippen LogP contribution in [0.2, 0.25) is 0 Å². The van der Waals surface area contributed by atoms with Crippen molar-refractivity contribution < 1.29 is 4.74 Å². The van der Waals surface area contributed by atoms with E-state index in [0.717, 1.165) is 39.6 Å². The van der Waals surface area contributed by atoms with E-state index in [-0.39, 0.29) is 0 Å². The minimum atomic E-state index is -0.585.